The van der Waals surface area contributed by atoms with Crippen LogP contribution >= 0.6 is 0 Å². The number of amides is 2. The molecule has 0 spiro atoms. The molecule has 2 aliphatic rings. The average Bonchev–Trinajstić information content (AvgIpc) is 2.43. The quantitative estimate of drug-likeness (QED) is 0.796. The Balaban J connectivity index is 1.96. The summed E-state index contributed by atoms with van der Waals surface area (Å²) in [5.74, 6) is -0.469. The topological polar surface area (TPSA) is 49.4 Å². The third-order valence-corrected chi connectivity index (χ3v) is 4.17. The summed E-state index contributed by atoms with van der Waals surface area (Å²) >= 11 is 0. The second kappa shape index (κ2) is 4.78. The van der Waals surface area contributed by atoms with Crippen molar-refractivity contribution >= 4 is 17.5 Å². The van der Waals surface area contributed by atoms with Crippen molar-refractivity contribution in [3.8, 4) is 0 Å². The molecule has 1 heterocycles. The minimum atomic E-state index is -0.257. The molecule has 1 aromatic rings. The van der Waals surface area contributed by atoms with Gasteiger partial charge in [-0.25, -0.2) is 5.01 Å². The maximum absolute atomic E-state index is 12.7. The zero-order valence-corrected chi connectivity index (χ0v) is 11.7. The molecule has 1 aliphatic heterocycles. The number of benzene rings is 1. The second-order valence-electron chi connectivity index (χ2n) is 5.69. The molecule has 1 aromatic carbocycles. The lowest BCUT2D eigenvalue weighted by Crippen LogP contribution is -2.61. The fourth-order valence-electron chi connectivity index (χ4n) is 3.28. The van der Waals surface area contributed by atoms with Crippen molar-refractivity contribution in [3.05, 3.63) is 42.0 Å². The molecule has 0 bridgehead atoms. The van der Waals surface area contributed by atoms with Gasteiger partial charge in [-0.2, -0.15) is 0 Å². The summed E-state index contributed by atoms with van der Waals surface area (Å²) in [6.45, 7) is 4.04. The Morgan fingerprint density at radius 1 is 1.20 bits per heavy atom. The highest BCUT2D eigenvalue weighted by Gasteiger charge is 2.46. The first-order valence-electron chi connectivity index (χ1n) is 6.94. The van der Waals surface area contributed by atoms with Gasteiger partial charge in [0.25, 0.3) is 0 Å². The molecule has 0 saturated carbocycles. The Labute approximate surface area is 118 Å². The van der Waals surface area contributed by atoms with E-state index in [0.29, 0.717) is 12.1 Å². The van der Waals surface area contributed by atoms with Gasteiger partial charge in [0, 0.05) is 0 Å². The van der Waals surface area contributed by atoms with E-state index in [4.69, 9.17) is 0 Å². The van der Waals surface area contributed by atoms with Gasteiger partial charge in [-0.3, -0.25) is 15.0 Å². The number of anilines is 1. The first-order chi connectivity index (χ1) is 9.58. The third-order valence-electron chi connectivity index (χ3n) is 4.17. The predicted octanol–water partition coefficient (Wildman–Crippen LogP) is 2.28. The Bertz CT molecular complexity index is 579. The molecule has 4 heteroatoms. The maximum atomic E-state index is 12.7. The number of para-hydroxylation sites is 1. The number of rotatable bonds is 1. The van der Waals surface area contributed by atoms with Crippen molar-refractivity contribution in [1.82, 2.24) is 5.43 Å². The van der Waals surface area contributed by atoms with E-state index in [-0.39, 0.29) is 29.6 Å². The van der Waals surface area contributed by atoms with E-state index < -0.39 is 0 Å². The lowest BCUT2D eigenvalue weighted by atomic mass is 9.72. The number of hydrazine groups is 1. The number of allylic oxidation sites excluding steroid dienone is 2. The summed E-state index contributed by atoms with van der Waals surface area (Å²) in [7, 11) is 0. The fraction of sp³-hybridized carbons (Fsp3) is 0.375. The van der Waals surface area contributed by atoms with Crippen LogP contribution in [0.25, 0.3) is 0 Å². The van der Waals surface area contributed by atoms with E-state index in [1.807, 2.05) is 44.2 Å². The SMILES string of the molecule is CC1=C[C@H](C)[C@H]2C(=O)N(c3ccccc3)NC(=O)[C@H]2C1. The number of hydrogen-bond acceptors (Lipinski definition) is 2. The van der Waals surface area contributed by atoms with Crippen LogP contribution < -0.4 is 10.4 Å². The molecule has 2 amide bonds. The largest absolute Gasteiger partial charge is 0.273 e. The highest BCUT2D eigenvalue weighted by atomic mass is 16.2. The van der Waals surface area contributed by atoms with Crippen molar-refractivity contribution in [1.29, 1.82) is 0 Å². The number of nitrogens with zero attached hydrogens (tertiary/aromatic N) is 1. The van der Waals surface area contributed by atoms with Crippen LogP contribution in [0.5, 0.6) is 0 Å². The summed E-state index contributed by atoms with van der Waals surface area (Å²) in [6.07, 6.45) is 2.79. The van der Waals surface area contributed by atoms with Gasteiger partial charge in [-0.05, 0) is 31.4 Å². The van der Waals surface area contributed by atoms with Crippen LogP contribution in [-0.2, 0) is 9.59 Å². The summed E-state index contributed by atoms with van der Waals surface area (Å²) in [5, 5.41) is 1.40. The van der Waals surface area contributed by atoms with Crippen molar-refractivity contribution in [2.75, 3.05) is 5.01 Å². The minimum absolute atomic E-state index is 0.0166. The average molecular weight is 270 g/mol. The standard InChI is InChI=1S/C16H18N2O2/c1-10-8-11(2)14-13(9-10)15(19)17-18(16(14)20)12-6-4-3-5-7-12/h3-8,11,13-14H,9H2,1-2H3,(H,17,19)/t11-,13-,14+/m0/s1. The molecule has 1 aliphatic carbocycles. The number of fused-ring (bicyclic) bond motifs is 1. The van der Waals surface area contributed by atoms with E-state index in [1.54, 1.807) is 0 Å². The molecule has 20 heavy (non-hydrogen) atoms. The van der Waals surface area contributed by atoms with Crippen LogP contribution in [0, 0.1) is 17.8 Å². The van der Waals surface area contributed by atoms with Crippen LogP contribution in [0.2, 0.25) is 0 Å². The lowest BCUT2D eigenvalue weighted by molar-refractivity contribution is -0.141. The van der Waals surface area contributed by atoms with Gasteiger partial charge in [0.2, 0.25) is 11.8 Å². The highest BCUT2D eigenvalue weighted by Crippen LogP contribution is 2.38. The first kappa shape index (κ1) is 12.9. The van der Waals surface area contributed by atoms with Gasteiger partial charge in [0.1, 0.15) is 0 Å². The van der Waals surface area contributed by atoms with Crippen molar-refractivity contribution in [2.45, 2.75) is 20.3 Å². The van der Waals surface area contributed by atoms with Crippen LogP contribution in [0.4, 0.5) is 5.69 Å². The zero-order valence-electron chi connectivity index (χ0n) is 11.7. The van der Waals surface area contributed by atoms with E-state index in [2.05, 4.69) is 11.5 Å². The van der Waals surface area contributed by atoms with Gasteiger partial charge in [0.15, 0.2) is 0 Å². The van der Waals surface area contributed by atoms with Crippen LogP contribution in [0.15, 0.2) is 42.0 Å². The summed E-state index contributed by atoms with van der Waals surface area (Å²) in [5.41, 5.74) is 4.64. The summed E-state index contributed by atoms with van der Waals surface area (Å²) in [6, 6.07) is 9.25. The van der Waals surface area contributed by atoms with Gasteiger partial charge in [0.05, 0.1) is 17.5 Å². The van der Waals surface area contributed by atoms with Gasteiger partial charge in [-0.1, -0.05) is 36.8 Å². The van der Waals surface area contributed by atoms with Gasteiger partial charge in [-0.15, -0.1) is 0 Å². The molecule has 3 atom stereocenters. The Morgan fingerprint density at radius 3 is 2.60 bits per heavy atom. The maximum Gasteiger partial charge on any atom is 0.250 e. The molecule has 1 N–H and O–H groups in total. The second-order valence-corrected chi connectivity index (χ2v) is 5.69. The normalized spacial score (nSPS) is 29.6. The molecular weight excluding hydrogens is 252 g/mol. The monoisotopic (exact) mass is 270 g/mol. The van der Waals surface area contributed by atoms with Crippen molar-refractivity contribution in [2.24, 2.45) is 17.8 Å². The molecule has 0 aromatic heterocycles. The molecule has 1 saturated heterocycles. The van der Waals surface area contributed by atoms with Crippen molar-refractivity contribution in [3.63, 3.8) is 0 Å². The molecule has 0 radical (unpaired) electrons. The molecule has 3 rings (SSSR count). The Kier molecular flexibility index (Phi) is 3.08. The third kappa shape index (κ3) is 2.01. The minimum Gasteiger partial charge on any atom is -0.273 e. The van der Waals surface area contributed by atoms with Crippen LogP contribution in [0.3, 0.4) is 0 Å². The van der Waals surface area contributed by atoms with E-state index in [1.165, 1.54) is 10.6 Å². The Morgan fingerprint density at radius 2 is 1.90 bits per heavy atom. The zero-order chi connectivity index (χ0) is 14.3. The molecular formula is C16H18N2O2. The first-order valence-corrected chi connectivity index (χ1v) is 6.94. The van der Waals surface area contributed by atoms with E-state index >= 15 is 0 Å². The molecule has 0 unspecified atom stereocenters. The fourth-order valence-corrected chi connectivity index (χ4v) is 3.28. The molecule has 1 fully saturated rings. The predicted molar refractivity (Wildman–Crippen MR) is 76.6 cm³/mol. The molecule has 104 valence electrons. The van der Waals surface area contributed by atoms with Crippen molar-refractivity contribution < 1.29 is 9.59 Å². The van der Waals surface area contributed by atoms with Crippen LogP contribution in [0.1, 0.15) is 20.3 Å². The number of nitrogens with one attached hydrogen (secondary N) is 1. The lowest BCUT2D eigenvalue weighted by Gasteiger charge is -2.41. The number of carbonyl (C=O) groups excluding carboxylic acids is 2. The summed E-state index contributed by atoms with van der Waals surface area (Å²) in [4.78, 5) is 25.0. The summed E-state index contributed by atoms with van der Waals surface area (Å²) < 4.78 is 0. The smallest absolute Gasteiger partial charge is 0.250 e. The number of carbonyl (C=O) groups is 2. The van der Waals surface area contributed by atoms with E-state index in [9.17, 15) is 9.59 Å². The number of hydrogen-bond donors (Lipinski definition) is 1. The van der Waals surface area contributed by atoms with Crippen LogP contribution in [-0.4, -0.2) is 11.8 Å². The van der Waals surface area contributed by atoms with Gasteiger partial charge < -0.3 is 0 Å². The van der Waals surface area contributed by atoms with E-state index in [0.717, 1.165) is 0 Å². The Hall–Kier alpha value is -2.10. The highest BCUT2D eigenvalue weighted by molar-refractivity contribution is 6.04. The van der Waals surface area contributed by atoms with Gasteiger partial charge >= 0.3 is 0 Å². The molecule has 4 nitrogen and oxygen atoms in total.